The molecule has 1 aromatic carbocycles. The summed E-state index contributed by atoms with van der Waals surface area (Å²) in [6, 6.07) is 9.23. The molecule has 0 spiro atoms. The monoisotopic (exact) mass is 193 g/mol. The van der Waals surface area contributed by atoms with E-state index < -0.39 is 5.60 Å². The lowest BCUT2D eigenvalue weighted by molar-refractivity contribution is -0.133. The van der Waals surface area contributed by atoms with E-state index in [2.05, 4.69) is 0 Å². The summed E-state index contributed by atoms with van der Waals surface area (Å²) < 4.78 is 0. The summed E-state index contributed by atoms with van der Waals surface area (Å²) in [6.45, 7) is 2.96. The molecule has 14 heavy (non-hydrogen) atoms. The van der Waals surface area contributed by atoms with E-state index in [1.165, 1.54) is 18.7 Å². The molecular weight excluding hydrogens is 178 g/mol. The van der Waals surface area contributed by atoms with Crippen molar-refractivity contribution in [3.05, 3.63) is 30.3 Å². The minimum Gasteiger partial charge on any atom is -0.381 e. The van der Waals surface area contributed by atoms with Crippen molar-refractivity contribution in [1.82, 2.24) is 0 Å². The second-order valence-electron chi connectivity index (χ2n) is 3.76. The number of anilines is 1. The van der Waals surface area contributed by atoms with Crippen molar-refractivity contribution in [1.29, 1.82) is 0 Å². The Morgan fingerprint density at radius 1 is 1.29 bits per heavy atom. The first-order valence-electron chi connectivity index (χ1n) is 4.48. The Morgan fingerprint density at radius 2 is 1.79 bits per heavy atom. The van der Waals surface area contributed by atoms with Crippen molar-refractivity contribution < 1.29 is 9.90 Å². The maximum absolute atomic E-state index is 11.6. The minimum atomic E-state index is -1.33. The maximum Gasteiger partial charge on any atom is 0.258 e. The zero-order chi connectivity index (χ0) is 10.8. The van der Waals surface area contributed by atoms with E-state index in [4.69, 9.17) is 0 Å². The molecule has 1 N–H and O–H groups in total. The molecule has 0 atom stereocenters. The molecule has 1 rings (SSSR count). The van der Waals surface area contributed by atoms with E-state index in [1.54, 1.807) is 7.05 Å². The van der Waals surface area contributed by atoms with Gasteiger partial charge in [-0.2, -0.15) is 0 Å². The molecule has 1 amide bonds. The third-order valence-electron chi connectivity index (χ3n) is 1.97. The number of carbonyl (C=O) groups excluding carboxylic acids is 1. The Kier molecular flexibility index (Phi) is 2.91. The molecule has 0 saturated heterocycles. The number of amides is 1. The van der Waals surface area contributed by atoms with Crippen molar-refractivity contribution in [3.63, 3.8) is 0 Å². The number of para-hydroxylation sites is 1. The van der Waals surface area contributed by atoms with Gasteiger partial charge in [-0.3, -0.25) is 4.79 Å². The van der Waals surface area contributed by atoms with Gasteiger partial charge in [-0.05, 0) is 26.0 Å². The van der Waals surface area contributed by atoms with Gasteiger partial charge in [0.25, 0.3) is 5.91 Å². The molecule has 0 saturated carbocycles. The number of hydrogen-bond acceptors (Lipinski definition) is 2. The molecule has 0 bridgehead atoms. The molecule has 3 nitrogen and oxygen atoms in total. The number of hydrogen-bond donors (Lipinski definition) is 1. The fourth-order valence-corrected chi connectivity index (χ4v) is 1.18. The van der Waals surface area contributed by atoms with Crippen molar-refractivity contribution >= 4 is 11.6 Å². The summed E-state index contributed by atoms with van der Waals surface area (Å²) in [4.78, 5) is 13.1. The van der Waals surface area contributed by atoms with Crippen molar-refractivity contribution in [2.24, 2.45) is 0 Å². The summed E-state index contributed by atoms with van der Waals surface area (Å²) in [5, 5.41) is 9.53. The Hall–Kier alpha value is -1.35. The second kappa shape index (κ2) is 3.80. The van der Waals surface area contributed by atoms with Crippen molar-refractivity contribution in [2.45, 2.75) is 19.4 Å². The molecule has 1 aromatic rings. The highest BCUT2D eigenvalue weighted by Crippen LogP contribution is 2.15. The Labute approximate surface area is 84.0 Å². The van der Waals surface area contributed by atoms with E-state index in [0.29, 0.717) is 0 Å². The van der Waals surface area contributed by atoms with Crippen LogP contribution in [0, 0.1) is 0 Å². The first-order chi connectivity index (χ1) is 6.43. The molecule has 0 aliphatic heterocycles. The zero-order valence-corrected chi connectivity index (χ0v) is 8.69. The lowest BCUT2D eigenvalue weighted by Crippen LogP contribution is -2.43. The highest BCUT2D eigenvalue weighted by molar-refractivity contribution is 5.98. The highest BCUT2D eigenvalue weighted by atomic mass is 16.3. The van der Waals surface area contributed by atoms with Crippen LogP contribution in [-0.4, -0.2) is 23.7 Å². The van der Waals surface area contributed by atoms with E-state index in [0.717, 1.165) is 5.69 Å². The summed E-state index contributed by atoms with van der Waals surface area (Å²) in [5.74, 6) is -0.316. The minimum absolute atomic E-state index is 0.316. The molecule has 3 heteroatoms. The van der Waals surface area contributed by atoms with Gasteiger partial charge < -0.3 is 10.0 Å². The van der Waals surface area contributed by atoms with Gasteiger partial charge in [-0.25, -0.2) is 0 Å². The van der Waals surface area contributed by atoms with Crippen LogP contribution in [0.15, 0.2) is 30.3 Å². The van der Waals surface area contributed by atoms with Crippen LogP contribution < -0.4 is 4.90 Å². The van der Waals surface area contributed by atoms with Crippen LogP contribution in [0.5, 0.6) is 0 Å². The Morgan fingerprint density at radius 3 is 2.21 bits per heavy atom. The fraction of sp³-hybridized carbons (Fsp3) is 0.364. The summed E-state index contributed by atoms with van der Waals surface area (Å²) in [5.41, 5.74) is -0.551. The smallest absolute Gasteiger partial charge is 0.258 e. The Bertz CT molecular complexity index is 314. The largest absolute Gasteiger partial charge is 0.381 e. The van der Waals surface area contributed by atoms with Gasteiger partial charge >= 0.3 is 0 Å². The van der Waals surface area contributed by atoms with Crippen LogP contribution in [0.4, 0.5) is 5.69 Å². The SMILES string of the molecule is CN(C(=O)C(C)(C)O)c1ccccc1. The molecule has 0 aliphatic rings. The molecule has 0 radical (unpaired) electrons. The molecule has 0 aromatic heterocycles. The quantitative estimate of drug-likeness (QED) is 0.771. The highest BCUT2D eigenvalue weighted by Gasteiger charge is 2.27. The van der Waals surface area contributed by atoms with Gasteiger partial charge in [-0.1, -0.05) is 18.2 Å². The van der Waals surface area contributed by atoms with Crippen LogP contribution in [0.2, 0.25) is 0 Å². The zero-order valence-electron chi connectivity index (χ0n) is 8.69. The first-order valence-corrected chi connectivity index (χ1v) is 4.48. The third-order valence-corrected chi connectivity index (χ3v) is 1.97. The first kappa shape index (κ1) is 10.7. The van der Waals surface area contributed by atoms with E-state index in [-0.39, 0.29) is 5.91 Å². The van der Waals surface area contributed by atoms with E-state index in [1.807, 2.05) is 30.3 Å². The Balaban J connectivity index is 2.87. The number of benzene rings is 1. The van der Waals surface area contributed by atoms with Gasteiger partial charge in [0.15, 0.2) is 0 Å². The average Bonchev–Trinajstić information content (AvgIpc) is 2.15. The van der Waals surface area contributed by atoms with Gasteiger partial charge in [0.2, 0.25) is 0 Å². The second-order valence-corrected chi connectivity index (χ2v) is 3.76. The van der Waals surface area contributed by atoms with Crippen molar-refractivity contribution in [2.75, 3.05) is 11.9 Å². The number of carbonyl (C=O) groups is 1. The molecule has 0 heterocycles. The topological polar surface area (TPSA) is 40.5 Å². The van der Waals surface area contributed by atoms with Gasteiger partial charge in [0.05, 0.1) is 0 Å². The van der Waals surface area contributed by atoms with E-state index in [9.17, 15) is 9.90 Å². The number of nitrogens with zero attached hydrogens (tertiary/aromatic N) is 1. The summed E-state index contributed by atoms with van der Waals surface area (Å²) in [7, 11) is 1.65. The average molecular weight is 193 g/mol. The van der Waals surface area contributed by atoms with Crippen LogP contribution >= 0.6 is 0 Å². The van der Waals surface area contributed by atoms with Crippen LogP contribution in [-0.2, 0) is 4.79 Å². The number of likely N-dealkylation sites (N-methyl/N-ethyl adjacent to an activating group) is 1. The van der Waals surface area contributed by atoms with Gasteiger partial charge in [-0.15, -0.1) is 0 Å². The lowest BCUT2D eigenvalue weighted by atomic mass is 10.1. The van der Waals surface area contributed by atoms with Crippen LogP contribution in [0.25, 0.3) is 0 Å². The predicted molar refractivity (Wildman–Crippen MR) is 56.1 cm³/mol. The van der Waals surface area contributed by atoms with Crippen LogP contribution in [0.3, 0.4) is 0 Å². The summed E-state index contributed by atoms with van der Waals surface area (Å²) in [6.07, 6.45) is 0. The predicted octanol–water partition coefficient (Wildman–Crippen LogP) is 1.42. The van der Waals surface area contributed by atoms with Crippen LogP contribution in [0.1, 0.15) is 13.8 Å². The fourth-order valence-electron chi connectivity index (χ4n) is 1.18. The number of aliphatic hydroxyl groups is 1. The molecule has 0 fully saturated rings. The summed E-state index contributed by atoms with van der Waals surface area (Å²) >= 11 is 0. The lowest BCUT2D eigenvalue weighted by Gasteiger charge is -2.24. The molecular formula is C11H15NO2. The van der Waals surface area contributed by atoms with Gasteiger partial charge in [0.1, 0.15) is 5.60 Å². The number of rotatable bonds is 2. The van der Waals surface area contributed by atoms with Crippen molar-refractivity contribution in [3.8, 4) is 0 Å². The molecule has 0 unspecified atom stereocenters. The van der Waals surface area contributed by atoms with Gasteiger partial charge in [0, 0.05) is 12.7 Å². The molecule has 76 valence electrons. The normalized spacial score (nSPS) is 11.1. The standard InChI is InChI=1S/C11H15NO2/c1-11(2,14)10(13)12(3)9-7-5-4-6-8-9/h4-8,14H,1-3H3. The maximum atomic E-state index is 11.6. The van der Waals surface area contributed by atoms with E-state index >= 15 is 0 Å². The molecule has 0 aliphatic carbocycles. The third kappa shape index (κ3) is 2.33.